The fraction of sp³-hybridized carbons (Fsp3) is 0. The van der Waals surface area contributed by atoms with Crippen molar-refractivity contribution < 1.29 is 34.3 Å². The number of hydrogen-bond donors (Lipinski definition) is 3. The maximum Gasteiger partial charge on any atom is 3.00 e. The van der Waals surface area contributed by atoms with Crippen LogP contribution in [0.1, 0.15) is 0 Å². The van der Waals surface area contributed by atoms with Gasteiger partial charge in [0, 0.05) is 0 Å². The Hall–Kier alpha value is 0.587. The van der Waals surface area contributed by atoms with Crippen LogP contribution in [0.25, 0.3) is 0 Å². The Morgan fingerprint density at radius 1 is 1.10 bits per heavy atom. The van der Waals surface area contributed by atoms with Crippen LogP contribution in [0, 0.1) is 0 Å². The van der Waals surface area contributed by atoms with Crippen LogP contribution in [0.4, 0.5) is 0 Å². The second kappa shape index (κ2) is 7.69. The van der Waals surface area contributed by atoms with Crippen molar-refractivity contribution >= 4 is 32.5 Å². The van der Waals surface area contributed by atoms with Gasteiger partial charge >= 0.3 is 24.7 Å². The molecule has 3 N–H and O–H groups in total. The van der Waals surface area contributed by atoms with Crippen molar-refractivity contribution in [2.45, 2.75) is 0 Å². The third kappa shape index (κ3) is 1430. The predicted molar refractivity (Wildman–Crippen MR) is 25.8 cm³/mol. The zero-order valence-electron chi connectivity index (χ0n) is 4.58. The van der Waals surface area contributed by atoms with Crippen LogP contribution in [-0.2, 0) is 4.57 Å². The van der Waals surface area contributed by atoms with Crippen molar-refractivity contribution in [3.05, 3.63) is 0 Å². The molecule has 0 fully saturated rings. The molecule has 56 valence electrons. The average Bonchev–Trinajstić information content (AvgIpc) is 1.19. The first-order valence-electron chi connectivity index (χ1n) is 1.50. The molecule has 7 nitrogen and oxygen atoms in total. The van der Waals surface area contributed by atoms with E-state index < -0.39 is 15.1 Å². The van der Waals surface area contributed by atoms with E-state index >= 15 is 0 Å². The van der Waals surface area contributed by atoms with Gasteiger partial charge in [0.25, 0.3) is 0 Å². The molecule has 0 amide bonds. The van der Waals surface area contributed by atoms with Crippen LogP contribution in [0.5, 0.6) is 0 Å². The van der Waals surface area contributed by atoms with Gasteiger partial charge in [-0.3, -0.25) is 0 Å². The smallest absolute Gasteiger partial charge is 0.822 e. The number of phosphoric acid groups is 1. The van der Waals surface area contributed by atoms with Gasteiger partial charge in [-0.25, -0.2) is 0 Å². The normalized spacial score (nSPS) is 8.60. The average molecular weight is 184 g/mol. The van der Waals surface area contributed by atoms with Crippen molar-refractivity contribution in [1.29, 1.82) is 0 Å². The Kier molecular flexibility index (Phi) is 13.0. The first-order valence-corrected chi connectivity index (χ1v) is 2.97. The summed E-state index contributed by atoms with van der Waals surface area (Å²) in [6.07, 6.45) is 0. The molecule has 0 aliphatic heterocycles. The van der Waals surface area contributed by atoms with E-state index in [0.717, 1.165) is 0 Å². The third-order valence-corrected chi connectivity index (χ3v) is 0. The summed E-state index contributed by atoms with van der Waals surface area (Å²) in [4.78, 5) is 25.6. The van der Waals surface area contributed by atoms with Gasteiger partial charge in [-0.1, -0.05) is 0 Å². The van der Waals surface area contributed by atoms with Crippen LogP contribution in [0.15, 0.2) is 0 Å². The summed E-state index contributed by atoms with van der Waals surface area (Å²) in [5, 5.41) is 21.5. The van der Waals surface area contributed by atoms with Crippen molar-refractivity contribution in [2.75, 3.05) is 0 Å². The minimum absolute atomic E-state index is 0. The molecule has 0 rings (SSSR count). The topological polar surface area (TPSA) is 147 Å². The molecule has 0 aromatic rings. The summed E-state index contributed by atoms with van der Waals surface area (Å²) in [5.74, 6) is 0. The summed E-state index contributed by atoms with van der Waals surface area (Å²) in [7, 11) is -7.56. The van der Waals surface area contributed by atoms with Gasteiger partial charge in [0.05, 0.1) is 0 Å². The van der Waals surface area contributed by atoms with Crippen LogP contribution in [0.3, 0.4) is 0 Å². The van der Waals surface area contributed by atoms with E-state index in [1.165, 1.54) is 0 Å². The molecule has 10 heteroatoms. The molecule has 0 heterocycles. The van der Waals surface area contributed by atoms with Gasteiger partial charge in [-0.05, 0) is 0 Å². The van der Waals surface area contributed by atoms with Crippen molar-refractivity contribution in [3.8, 4) is 0 Å². The molecular formula is H3AlBO7P. The first-order chi connectivity index (χ1) is 3.73. The number of hydrogen-bond acceptors (Lipinski definition) is 7. The summed E-state index contributed by atoms with van der Waals surface area (Å²) in [6.45, 7) is 0. The first kappa shape index (κ1) is 16.9. The molecule has 0 saturated heterocycles. The van der Waals surface area contributed by atoms with Crippen LogP contribution >= 0.6 is 7.82 Å². The Bertz CT molecular complexity index is 84.8. The number of rotatable bonds is 0. The van der Waals surface area contributed by atoms with Gasteiger partial charge in [-0.2, -0.15) is 7.82 Å². The minimum atomic E-state index is -5.39. The summed E-state index contributed by atoms with van der Waals surface area (Å²) in [6, 6.07) is 0. The molecule has 0 unspecified atom stereocenters. The van der Waals surface area contributed by atoms with Crippen LogP contribution in [0.2, 0.25) is 0 Å². The molecule has 0 radical (unpaired) electrons. The van der Waals surface area contributed by atoms with Gasteiger partial charge in [0.1, 0.15) is 0 Å². The van der Waals surface area contributed by atoms with E-state index in [9.17, 15) is 0 Å². The Labute approximate surface area is 67.5 Å². The maximum absolute atomic E-state index is 8.55. The second-order valence-electron chi connectivity index (χ2n) is 0.794. The fourth-order valence-electron chi connectivity index (χ4n) is 0. The van der Waals surface area contributed by atoms with E-state index in [4.69, 9.17) is 34.3 Å². The fourth-order valence-corrected chi connectivity index (χ4v) is 0. The zero-order chi connectivity index (χ0) is 8.08. The van der Waals surface area contributed by atoms with Gasteiger partial charge < -0.3 is 34.3 Å². The third-order valence-electron chi connectivity index (χ3n) is 0. The van der Waals surface area contributed by atoms with Crippen molar-refractivity contribution in [2.24, 2.45) is 0 Å². The molecule has 0 aliphatic carbocycles. The van der Waals surface area contributed by atoms with Crippen molar-refractivity contribution in [3.63, 3.8) is 0 Å². The Balaban J connectivity index is -0.0000000910. The minimum Gasteiger partial charge on any atom is -0.822 e. The standard InChI is InChI=1S/Al.BH3O3.H3O4P/c;2-1(3)4;1-5(2,3)4/h;2-4H;(H3,1,2,3,4)/q+3;;/p-3. The van der Waals surface area contributed by atoms with Crippen LogP contribution < -0.4 is 14.7 Å². The molecule has 0 atom stereocenters. The monoisotopic (exact) mass is 184 g/mol. The van der Waals surface area contributed by atoms with Crippen molar-refractivity contribution in [1.82, 2.24) is 0 Å². The van der Waals surface area contributed by atoms with Gasteiger partial charge in [-0.15, -0.1) is 0 Å². The van der Waals surface area contributed by atoms with Crippen LogP contribution in [-0.4, -0.2) is 39.8 Å². The SMILES string of the molecule is O=P([O-])([O-])[O-].OB(O)O.[Al+3]. The quantitative estimate of drug-likeness (QED) is 0.251. The largest absolute Gasteiger partial charge is 3.00 e. The van der Waals surface area contributed by atoms with E-state index in [1.54, 1.807) is 0 Å². The predicted octanol–water partition coefficient (Wildman–Crippen LogP) is -5.26. The summed E-state index contributed by atoms with van der Waals surface area (Å²) in [5.41, 5.74) is 0. The molecule has 0 bridgehead atoms. The molecular weight excluding hydrogens is 181 g/mol. The van der Waals surface area contributed by atoms with Gasteiger partial charge in [0.15, 0.2) is 0 Å². The Morgan fingerprint density at radius 2 is 1.10 bits per heavy atom. The molecule has 0 aromatic heterocycles. The Morgan fingerprint density at radius 3 is 1.10 bits per heavy atom. The molecule has 0 aromatic carbocycles. The van der Waals surface area contributed by atoms with Gasteiger partial charge in [0.2, 0.25) is 0 Å². The van der Waals surface area contributed by atoms with E-state index in [0.29, 0.717) is 0 Å². The zero-order valence-corrected chi connectivity index (χ0v) is 6.63. The molecule has 0 aliphatic rings. The maximum atomic E-state index is 8.55. The van der Waals surface area contributed by atoms with E-state index in [2.05, 4.69) is 0 Å². The molecule has 10 heavy (non-hydrogen) atoms. The summed E-state index contributed by atoms with van der Waals surface area (Å²) >= 11 is 0. The second-order valence-corrected chi connectivity index (χ2v) is 1.69. The van der Waals surface area contributed by atoms with E-state index in [-0.39, 0.29) is 17.4 Å². The molecule has 0 saturated carbocycles. The molecule has 0 spiro atoms. The van der Waals surface area contributed by atoms with E-state index in [1.807, 2.05) is 0 Å². The summed E-state index contributed by atoms with van der Waals surface area (Å²) < 4.78 is 8.55.